The van der Waals surface area contributed by atoms with Crippen LogP contribution in [0, 0.1) is 0 Å². The smallest absolute Gasteiger partial charge is 0.234 e. The molecule has 4 aromatic rings. The summed E-state index contributed by atoms with van der Waals surface area (Å²) in [7, 11) is 3.12. The summed E-state index contributed by atoms with van der Waals surface area (Å²) < 4.78 is 24.6. The number of anilines is 1. The van der Waals surface area contributed by atoms with Gasteiger partial charge in [0.15, 0.2) is 11.0 Å². The van der Waals surface area contributed by atoms with E-state index in [9.17, 15) is 4.79 Å². The van der Waals surface area contributed by atoms with Crippen LogP contribution < -0.4 is 19.5 Å². The Morgan fingerprint density at radius 3 is 2.84 bits per heavy atom. The molecule has 11 heteroatoms. The van der Waals surface area contributed by atoms with Gasteiger partial charge in [-0.2, -0.15) is 0 Å². The lowest BCUT2D eigenvalue weighted by atomic mass is 10.2. The Kier molecular flexibility index (Phi) is 8.25. The maximum Gasteiger partial charge on any atom is 0.234 e. The van der Waals surface area contributed by atoms with Crippen LogP contribution in [0.3, 0.4) is 0 Å². The highest BCUT2D eigenvalue weighted by Crippen LogP contribution is 2.30. The lowest BCUT2D eigenvalue weighted by Crippen LogP contribution is -2.20. The molecule has 0 saturated carbocycles. The zero-order valence-electron chi connectivity index (χ0n) is 21.3. The number of carbonyl (C=O) groups is 1. The molecule has 0 unspecified atom stereocenters. The molecule has 1 amide bonds. The maximum atomic E-state index is 12.8. The Morgan fingerprint density at radius 2 is 2.03 bits per heavy atom. The van der Waals surface area contributed by atoms with E-state index in [2.05, 4.69) is 20.5 Å². The summed E-state index contributed by atoms with van der Waals surface area (Å²) in [6.45, 7) is 1.55. The predicted octanol–water partition coefficient (Wildman–Crippen LogP) is 4.33. The van der Waals surface area contributed by atoms with Crippen molar-refractivity contribution < 1.29 is 23.7 Å². The summed E-state index contributed by atoms with van der Waals surface area (Å²) in [6.07, 6.45) is 3.80. The summed E-state index contributed by atoms with van der Waals surface area (Å²) in [5.74, 6) is 2.44. The van der Waals surface area contributed by atoms with Gasteiger partial charge in [-0.1, -0.05) is 30.0 Å². The second kappa shape index (κ2) is 12.1. The van der Waals surface area contributed by atoms with E-state index in [4.69, 9.17) is 18.9 Å². The average Bonchev–Trinajstić information content (AvgIpc) is 3.61. The van der Waals surface area contributed by atoms with Crippen molar-refractivity contribution in [2.45, 2.75) is 37.3 Å². The van der Waals surface area contributed by atoms with Gasteiger partial charge in [-0.05, 0) is 37.1 Å². The van der Waals surface area contributed by atoms with Crippen LogP contribution in [0.15, 0.2) is 59.9 Å². The minimum absolute atomic E-state index is 0.0678. The third-order valence-electron chi connectivity index (χ3n) is 6.17. The van der Waals surface area contributed by atoms with Crippen LogP contribution in [0.4, 0.5) is 5.69 Å². The maximum absolute atomic E-state index is 12.8. The molecule has 198 valence electrons. The largest absolute Gasteiger partial charge is 0.497 e. The third-order valence-corrected chi connectivity index (χ3v) is 7.14. The monoisotopic (exact) mass is 535 g/mol. The molecular formula is C27H29N5O5S. The molecule has 1 saturated heterocycles. The number of thioether (sulfide) groups is 1. The van der Waals surface area contributed by atoms with Crippen LogP contribution in [0.25, 0.3) is 10.9 Å². The van der Waals surface area contributed by atoms with Crippen LogP contribution in [0.1, 0.15) is 18.7 Å². The van der Waals surface area contributed by atoms with Gasteiger partial charge in [-0.25, -0.2) is 0 Å². The summed E-state index contributed by atoms with van der Waals surface area (Å²) in [5, 5.41) is 13.3. The van der Waals surface area contributed by atoms with Crippen molar-refractivity contribution >= 4 is 34.3 Å². The SMILES string of the molecule is COc1ccc(OC)c(NC(=O)CSc2nnc(COc3cccc4cccnc34)n2C[C@H]2CCCO2)c1. The van der Waals surface area contributed by atoms with Crippen LogP contribution in [0.2, 0.25) is 0 Å². The van der Waals surface area contributed by atoms with Crippen LogP contribution in [-0.2, 0) is 22.7 Å². The number of pyridine rings is 1. The van der Waals surface area contributed by atoms with E-state index >= 15 is 0 Å². The van der Waals surface area contributed by atoms with E-state index in [0.717, 1.165) is 30.4 Å². The summed E-state index contributed by atoms with van der Waals surface area (Å²) >= 11 is 1.31. The number of para-hydroxylation sites is 1. The molecule has 1 aliphatic rings. The van der Waals surface area contributed by atoms with Crippen molar-refractivity contribution in [1.82, 2.24) is 19.7 Å². The van der Waals surface area contributed by atoms with Crippen LogP contribution >= 0.6 is 11.8 Å². The third kappa shape index (κ3) is 6.00. The fraction of sp³-hybridized carbons (Fsp3) is 0.333. The molecule has 2 aromatic carbocycles. The number of ether oxygens (including phenoxy) is 4. The molecule has 0 radical (unpaired) electrons. The first-order chi connectivity index (χ1) is 18.6. The number of aromatic nitrogens is 4. The average molecular weight is 536 g/mol. The molecule has 3 heterocycles. The number of fused-ring (bicyclic) bond motifs is 1. The van der Waals surface area contributed by atoms with E-state index in [-0.39, 0.29) is 24.4 Å². The molecule has 1 fully saturated rings. The minimum Gasteiger partial charge on any atom is -0.497 e. The number of carbonyl (C=O) groups excluding carboxylic acids is 1. The number of hydrogen-bond donors (Lipinski definition) is 1. The Balaban J connectivity index is 1.29. The molecule has 0 aliphatic carbocycles. The molecule has 0 bridgehead atoms. The molecule has 2 aromatic heterocycles. The summed E-state index contributed by atoms with van der Waals surface area (Å²) in [4.78, 5) is 17.3. The molecule has 10 nitrogen and oxygen atoms in total. The number of rotatable bonds is 11. The van der Waals surface area contributed by atoms with E-state index in [1.165, 1.54) is 11.8 Å². The molecule has 38 heavy (non-hydrogen) atoms. The van der Waals surface area contributed by atoms with Gasteiger partial charge in [-0.3, -0.25) is 9.78 Å². The van der Waals surface area contributed by atoms with E-state index < -0.39 is 0 Å². The normalized spacial score (nSPS) is 14.9. The van der Waals surface area contributed by atoms with Crippen molar-refractivity contribution in [2.75, 3.05) is 31.9 Å². The number of nitrogens with one attached hydrogen (secondary N) is 1. The lowest BCUT2D eigenvalue weighted by molar-refractivity contribution is -0.113. The first kappa shape index (κ1) is 25.8. The first-order valence-electron chi connectivity index (χ1n) is 12.3. The summed E-state index contributed by atoms with van der Waals surface area (Å²) in [6, 6.07) is 15.0. The molecule has 5 rings (SSSR count). The number of benzene rings is 2. The minimum atomic E-state index is -0.201. The van der Waals surface area contributed by atoms with Crippen molar-refractivity contribution in [2.24, 2.45) is 0 Å². The van der Waals surface area contributed by atoms with E-state index in [1.807, 2.05) is 34.9 Å². The quantitative estimate of drug-likeness (QED) is 0.281. The Hall–Kier alpha value is -3.83. The van der Waals surface area contributed by atoms with Gasteiger partial charge in [0.05, 0.1) is 38.3 Å². The van der Waals surface area contributed by atoms with Gasteiger partial charge >= 0.3 is 0 Å². The van der Waals surface area contributed by atoms with Gasteiger partial charge in [0, 0.05) is 24.3 Å². The zero-order chi connectivity index (χ0) is 26.3. The number of amides is 1. The van der Waals surface area contributed by atoms with Gasteiger partial charge < -0.3 is 28.8 Å². The van der Waals surface area contributed by atoms with Gasteiger partial charge in [0.1, 0.15) is 29.4 Å². The van der Waals surface area contributed by atoms with Crippen LogP contribution in [-0.4, -0.2) is 58.3 Å². The number of methoxy groups -OCH3 is 2. The first-order valence-corrected chi connectivity index (χ1v) is 13.3. The predicted molar refractivity (Wildman–Crippen MR) is 144 cm³/mol. The molecule has 0 spiro atoms. The Bertz CT molecular complexity index is 1400. The summed E-state index contributed by atoms with van der Waals surface area (Å²) in [5.41, 5.74) is 1.33. The van der Waals surface area contributed by atoms with Crippen molar-refractivity contribution in [3.8, 4) is 17.2 Å². The fourth-order valence-electron chi connectivity index (χ4n) is 4.27. The number of nitrogens with zero attached hydrogens (tertiary/aromatic N) is 4. The fourth-order valence-corrected chi connectivity index (χ4v) is 5.04. The Labute approximate surface area is 224 Å². The van der Waals surface area contributed by atoms with Gasteiger partial charge in [0.2, 0.25) is 5.91 Å². The van der Waals surface area contributed by atoms with E-state index in [0.29, 0.717) is 40.5 Å². The zero-order valence-corrected chi connectivity index (χ0v) is 22.1. The van der Waals surface area contributed by atoms with Gasteiger partial charge in [0.25, 0.3) is 0 Å². The van der Waals surface area contributed by atoms with Crippen molar-refractivity contribution in [3.63, 3.8) is 0 Å². The Morgan fingerprint density at radius 1 is 1.13 bits per heavy atom. The van der Waals surface area contributed by atoms with E-state index in [1.54, 1.807) is 38.6 Å². The molecule has 1 atom stereocenters. The number of hydrogen-bond acceptors (Lipinski definition) is 9. The second-order valence-electron chi connectivity index (χ2n) is 8.67. The highest BCUT2D eigenvalue weighted by atomic mass is 32.2. The van der Waals surface area contributed by atoms with Crippen molar-refractivity contribution in [1.29, 1.82) is 0 Å². The van der Waals surface area contributed by atoms with Crippen LogP contribution in [0.5, 0.6) is 17.2 Å². The topological polar surface area (TPSA) is 110 Å². The lowest BCUT2D eigenvalue weighted by Gasteiger charge is -2.15. The molecule has 1 N–H and O–H groups in total. The van der Waals surface area contributed by atoms with Crippen molar-refractivity contribution in [3.05, 3.63) is 60.6 Å². The second-order valence-corrected chi connectivity index (χ2v) is 9.61. The highest BCUT2D eigenvalue weighted by Gasteiger charge is 2.22. The standard InChI is InChI=1S/C27H29N5O5S/c1-34-19-10-11-22(35-2)21(14-19)29-25(33)17-38-27-31-30-24(32(27)15-20-8-5-13-36-20)16-37-23-9-3-6-18-7-4-12-28-26(18)23/h3-4,6-7,9-12,14,20H,5,8,13,15-17H2,1-2H3,(H,29,33)/t20-/m1/s1. The highest BCUT2D eigenvalue weighted by molar-refractivity contribution is 7.99. The molecule has 1 aliphatic heterocycles. The molecular weight excluding hydrogens is 506 g/mol. The van der Waals surface area contributed by atoms with Gasteiger partial charge in [-0.15, -0.1) is 10.2 Å².